The van der Waals surface area contributed by atoms with Crippen LogP contribution in [0.3, 0.4) is 0 Å². The number of hydrogen-bond acceptors (Lipinski definition) is 3. The number of benzene rings is 1. The van der Waals surface area contributed by atoms with E-state index in [9.17, 15) is 4.79 Å². The first-order valence-electron chi connectivity index (χ1n) is 5.54. The van der Waals surface area contributed by atoms with Crippen LogP contribution < -0.4 is 4.74 Å². The highest BCUT2D eigenvalue weighted by molar-refractivity contribution is 5.90. The standard InChI is InChI=1S/C13H16N2O2/c1-3-17-12-6-4-11(5-7-12)8-9-15(2)13(16)10-14/h4-7H,3,8-9H2,1-2H3. The highest BCUT2D eigenvalue weighted by Gasteiger charge is 2.06. The number of nitrogens with zero attached hydrogens (tertiary/aromatic N) is 2. The van der Waals surface area contributed by atoms with E-state index in [0.717, 1.165) is 17.7 Å². The van der Waals surface area contributed by atoms with E-state index in [4.69, 9.17) is 10.00 Å². The van der Waals surface area contributed by atoms with Crippen molar-refractivity contribution in [2.75, 3.05) is 20.2 Å². The normalized spacial score (nSPS) is 9.47. The van der Waals surface area contributed by atoms with Crippen molar-refractivity contribution < 1.29 is 9.53 Å². The van der Waals surface area contributed by atoms with Crippen LogP contribution in [0, 0.1) is 11.3 Å². The average molecular weight is 232 g/mol. The van der Waals surface area contributed by atoms with Gasteiger partial charge in [-0.3, -0.25) is 4.79 Å². The van der Waals surface area contributed by atoms with Crippen LogP contribution >= 0.6 is 0 Å². The average Bonchev–Trinajstić information content (AvgIpc) is 2.37. The first-order chi connectivity index (χ1) is 8.17. The van der Waals surface area contributed by atoms with Gasteiger partial charge >= 0.3 is 5.91 Å². The van der Waals surface area contributed by atoms with E-state index in [0.29, 0.717) is 13.2 Å². The van der Waals surface area contributed by atoms with Crippen LogP contribution in [0.4, 0.5) is 0 Å². The maximum absolute atomic E-state index is 11.0. The Hall–Kier alpha value is -2.02. The molecule has 17 heavy (non-hydrogen) atoms. The Labute approximate surface area is 101 Å². The fourth-order valence-corrected chi connectivity index (χ4v) is 1.40. The van der Waals surface area contributed by atoms with Gasteiger partial charge in [-0.05, 0) is 31.0 Å². The highest BCUT2D eigenvalue weighted by atomic mass is 16.5. The van der Waals surface area contributed by atoms with Crippen molar-refractivity contribution in [3.63, 3.8) is 0 Å². The van der Waals surface area contributed by atoms with Crippen molar-refractivity contribution in [1.82, 2.24) is 4.90 Å². The van der Waals surface area contributed by atoms with E-state index in [1.807, 2.05) is 31.2 Å². The van der Waals surface area contributed by atoms with Gasteiger partial charge in [-0.1, -0.05) is 12.1 Å². The van der Waals surface area contributed by atoms with E-state index in [2.05, 4.69) is 0 Å². The fourth-order valence-electron chi connectivity index (χ4n) is 1.40. The van der Waals surface area contributed by atoms with Crippen LogP contribution in [0.15, 0.2) is 24.3 Å². The molecule has 0 aliphatic rings. The quantitative estimate of drug-likeness (QED) is 0.725. The number of ether oxygens (including phenoxy) is 1. The zero-order valence-electron chi connectivity index (χ0n) is 10.1. The van der Waals surface area contributed by atoms with E-state index in [1.54, 1.807) is 13.1 Å². The molecule has 0 heterocycles. The van der Waals surface area contributed by atoms with E-state index >= 15 is 0 Å². The summed E-state index contributed by atoms with van der Waals surface area (Å²) in [6.07, 6.45) is 0.732. The largest absolute Gasteiger partial charge is 0.494 e. The maximum Gasteiger partial charge on any atom is 0.324 e. The van der Waals surface area contributed by atoms with Crippen molar-refractivity contribution >= 4 is 5.91 Å². The van der Waals surface area contributed by atoms with Gasteiger partial charge in [-0.25, -0.2) is 0 Å². The number of carbonyl (C=O) groups is 1. The minimum atomic E-state index is -0.504. The summed E-state index contributed by atoms with van der Waals surface area (Å²) < 4.78 is 5.33. The molecule has 1 rings (SSSR count). The molecule has 4 nitrogen and oxygen atoms in total. The molecular formula is C13H16N2O2. The lowest BCUT2D eigenvalue weighted by atomic mass is 10.1. The van der Waals surface area contributed by atoms with Gasteiger partial charge in [0.15, 0.2) is 6.07 Å². The minimum absolute atomic E-state index is 0.504. The molecule has 1 aromatic carbocycles. The Morgan fingerprint density at radius 1 is 1.41 bits per heavy atom. The second-order valence-electron chi connectivity index (χ2n) is 3.67. The molecule has 0 aromatic heterocycles. The van der Waals surface area contributed by atoms with Gasteiger partial charge in [0.25, 0.3) is 0 Å². The van der Waals surface area contributed by atoms with Gasteiger partial charge in [-0.2, -0.15) is 5.26 Å². The Balaban J connectivity index is 2.47. The molecule has 0 saturated carbocycles. The Bertz CT molecular complexity index is 406. The second-order valence-corrected chi connectivity index (χ2v) is 3.67. The first-order valence-corrected chi connectivity index (χ1v) is 5.54. The molecule has 0 atom stereocenters. The maximum atomic E-state index is 11.0. The van der Waals surface area contributed by atoms with E-state index in [-0.39, 0.29) is 0 Å². The SMILES string of the molecule is CCOc1ccc(CCN(C)C(=O)C#N)cc1. The molecule has 0 saturated heterocycles. The fraction of sp³-hybridized carbons (Fsp3) is 0.385. The molecule has 90 valence electrons. The smallest absolute Gasteiger partial charge is 0.324 e. The molecule has 0 bridgehead atoms. The van der Waals surface area contributed by atoms with E-state index < -0.39 is 5.91 Å². The molecule has 0 radical (unpaired) electrons. The zero-order valence-corrected chi connectivity index (χ0v) is 10.1. The van der Waals surface area contributed by atoms with E-state index in [1.165, 1.54) is 4.90 Å². The summed E-state index contributed by atoms with van der Waals surface area (Å²) in [6.45, 7) is 3.13. The molecule has 0 fully saturated rings. The minimum Gasteiger partial charge on any atom is -0.494 e. The third-order valence-corrected chi connectivity index (χ3v) is 2.41. The molecule has 0 aliphatic heterocycles. The van der Waals surface area contributed by atoms with Crippen molar-refractivity contribution in [2.24, 2.45) is 0 Å². The summed E-state index contributed by atoms with van der Waals surface area (Å²) in [5, 5.41) is 8.44. The lowest BCUT2D eigenvalue weighted by Gasteiger charge is -2.12. The second kappa shape index (κ2) is 6.54. The summed E-state index contributed by atoms with van der Waals surface area (Å²) in [4.78, 5) is 12.4. The summed E-state index contributed by atoms with van der Waals surface area (Å²) in [5.74, 6) is 0.341. The van der Waals surface area contributed by atoms with Gasteiger partial charge in [0.2, 0.25) is 0 Å². The van der Waals surface area contributed by atoms with Crippen molar-refractivity contribution in [2.45, 2.75) is 13.3 Å². The molecule has 0 unspecified atom stereocenters. The lowest BCUT2D eigenvalue weighted by molar-refractivity contribution is -0.124. The van der Waals surface area contributed by atoms with Crippen molar-refractivity contribution in [3.8, 4) is 11.8 Å². The van der Waals surface area contributed by atoms with Crippen LogP contribution in [0.2, 0.25) is 0 Å². The molecule has 1 amide bonds. The summed E-state index contributed by atoms with van der Waals surface area (Å²) in [6, 6.07) is 9.35. The predicted octanol–water partition coefficient (Wildman–Crippen LogP) is 1.61. The summed E-state index contributed by atoms with van der Waals surface area (Å²) >= 11 is 0. The molecule has 0 N–H and O–H groups in total. The molecule has 4 heteroatoms. The number of rotatable bonds is 5. The number of carbonyl (C=O) groups excluding carboxylic acids is 1. The summed E-state index contributed by atoms with van der Waals surface area (Å²) in [5.41, 5.74) is 1.12. The number of likely N-dealkylation sites (N-methyl/N-ethyl adjacent to an activating group) is 1. The van der Waals surface area contributed by atoms with Crippen molar-refractivity contribution in [1.29, 1.82) is 5.26 Å². The zero-order chi connectivity index (χ0) is 12.7. The van der Waals surface area contributed by atoms with Crippen LogP contribution in [0.1, 0.15) is 12.5 Å². The van der Waals surface area contributed by atoms with Gasteiger partial charge in [0, 0.05) is 13.6 Å². The predicted molar refractivity (Wildman–Crippen MR) is 64.6 cm³/mol. The Morgan fingerprint density at radius 3 is 2.59 bits per heavy atom. The summed E-state index contributed by atoms with van der Waals surface area (Å²) in [7, 11) is 1.63. The molecule has 0 spiro atoms. The van der Waals surface area contributed by atoms with Gasteiger partial charge in [0.05, 0.1) is 6.61 Å². The highest BCUT2D eigenvalue weighted by Crippen LogP contribution is 2.12. The molecule has 1 aromatic rings. The molecular weight excluding hydrogens is 216 g/mol. The van der Waals surface area contributed by atoms with Gasteiger partial charge in [0.1, 0.15) is 5.75 Å². The van der Waals surface area contributed by atoms with Crippen LogP contribution in [-0.2, 0) is 11.2 Å². The topological polar surface area (TPSA) is 53.3 Å². The number of amides is 1. The van der Waals surface area contributed by atoms with Crippen LogP contribution in [-0.4, -0.2) is 31.0 Å². The first kappa shape index (κ1) is 13.0. The Kier molecular flexibility index (Phi) is 5.02. The number of nitriles is 1. The molecule has 0 aliphatic carbocycles. The lowest BCUT2D eigenvalue weighted by Crippen LogP contribution is -2.27. The van der Waals surface area contributed by atoms with Crippen LogP contribution in [0.25, 0.3) is 0 Å². The van der Waals surface area contributed by atoms with Crippen molar-refractivity contribution in [3.05, 3.63) is 29.8 Å². The van der Waals surface area contributed by atoms with Crippen LogP contribution in [0.5, 0.6) is 5.75 Å². The monoisotopic (exact) mass is 232 g/mol. The Morgan fingerprint density at radius 2 is 2.06 bits per heavy atom. The third kappa shape index (κ3) is 4.15. The van der Waals surface area contributed by atoms with Gasteiger partial charge < -0.3 is 9.64 Å². The van der Waals surface area contributed by atoms with Gasteiger partial charge in [-0.15, -0.1) is 0 Å². The third-order valence-electron chi connectivity index (χ3n) is 2.41. The number of hydrogen-bond donors (Lipinski definition) is 0.